The minimum absolute atomic E-state index is 0.104. The highest BCUT2D eigenvalue weighted by molar-refractivity contribution is 7.88. The molecule has 2 aromatic heterocycles. The number of carbonyl (C=O) groups is 2. The Bertz CT molecular complexity index is 2630. The lowest BCUT2D eigenvalue weighted by Gasteiger charge is -2.36. The van der Waals surface area contributed by atoms with Gasteiger partial charge in [0.1, 0.15) is 22.7 Å². The summed E-state index contributed by atoms with van der Waals surface area (Å²) in [6, 6.07) is 22.7. The fourth-order valence-electron chi connectivity index (χ4n) is 7.33. The summed E-state index contributed by atoms with van der Waals surface area (Å²) >= 11 is 19.0. The average molecular weight is 900 g/mol. The molecule has 0 spiro atoms. The van der Waals surface area contributed by atoms with Crippen molar-refractivity contribution in [2.24, 2.45) is 0 Å². The van der Waals surface area contributed by atoms with Crippen LogP contribution < -0.4 is 19.3 Å². The molecule has 18 heteroatoms. The molecule has 60 heavy (non-hydrogen) atoms. The van der Waals surface area contributed by atoms with Crippen LogP contribution in [0.2, 0.25) is 15.1 Å². The van der Waals surface area contributed by atoms with Gasteiger partial charge >= 0.3 is 11.9 Å². The molecule has 2 aliphatic heterocycles. The molecule has 0 saturated carbocycles. The number of sulfonamides is 1. The fraction of sp³-hybridized carbons (Fsp3) is 0.286. The Morgan fingerprint density at radius 1 is 0.650 bits per heavy atom. The van der Waals surface area contributed by atoms with E-state index in [9.17, 15) is 18.0 Å². The molecule has 0 atom stereocenters. The van der Waals surface area contributed by atoms with Crippen molar-refractivity contribution in [2.75, 3.05) is 76.4 Å². The van der Waals surface area contributed by atoms with E-state index in [4.69, 9.17) is 63.3 Å². The number of hydrogen-bond donors (Lipinski definition) is 2. The largest absolute Gasteiger partial charge is 0.497 e. The first-order valence-corrected chi connectivity index (χ1v) is 21.5. The Morgan fingerprint density at radius 2 is 1.15 bits per heavy atom. The van der Waals surface area contributed by atoms with Crippen LogP contribution in [0.1, 0.15) is 32.2 Å². The molecule has 0 aliphatic carbocycles. The zero-order valence-electron chi connectivity index (χ0n) is 32.6. The maximum atomic E-state index is 12.8. The molecule has 2 N–H and O–H groups in total. The van der Waals surface area contributed by atoms with E-state index in [-0.39, 0.29) is 17.3 Å². The Labute approximate surface area is 361 Å². The first kappa shape index (κ1) is 42.9. The number of halogens is 3. The van der Waals surface area contributed by atoms with Gasteiger partial charge in [-0.15, -0.1) is 0 Å². The SMILES string of the molecule is COc1cc(CN2CCN(c3ccc4oc(C(=O)O)cc4c3Cl)CC2)cc(OC)c1.O=C(O)c1cc2c(Cl)c(N3CCN(S(=O)(=O)Cc4cccc(Cl)c4)CC3)ccc2o1. The molecular weight excluding hydrogens is 859 g/mol. The van der Waals surface area contributed by atoms with E-state index in [1.165, 1.54) is 16.4 Å². The van der Waals surface area contributed by atoms with Crippen molar-refractivity contribution in [1.29, 1.82) is 0 Å². The molecular formula is C42H41Cl3N4O10S. The highest BCUT2D eigenvalue weighted by Gasteiger charge is 2.29. The number of nitrogens with zero attached hydrogens (tertiary/aromatic N) is 4. The number of fused-ring (bicyclic) bond motifs is 2. The van der Waals surface area contributed by atoms with Gasteiger partial charge in [0, 0.05) is 92.9 Å². The van der Waals surface area contributed by atoms with Gasteiger partial charge in [-0.25, -0.2) is 18.0 Å². The van der Waals surface area contributed by atoms with Crippen LogP contribution in [0, 0.1) is 0 Å². The van der Waals surface area contributed by atoms with Gasteiger partial charge in [-0.05, 0) is 59.7 Å². The predicted octanol–water partition coefficient (Wildman–Crippen LogP) is 8.21. The number of benzene rings is 4. The van der Waals surface area contributed by atoms with Crippen LogP contribution in [0.5, 0.6) is 11.5 Å². The summed E-state index contributed by atoms with van der Waals surface area (Å²) in [5.41, 5.74) is 4.26. The molecule has 14 nitrogen and oxygen atoms in total. The lowest BCUT2D eigenvalue weighted by Crippen LogP contribution is -2.49. The van der Waals surface area contributed by atoms with E-state index < -0.39 is 22.0 Å². The number of carboxylic acids is 2. The van der Waals surface area contributed by atoms with E-state index in [0.717, 1.165) is 55.5 Å². The Balaban J connectivity index is 0.000000181. The number of furan rings is 2. The molecule has 4 aromatic carbocycles. The van der Waals surface area contributed by atoms with Crippen molar-refractivity contribution in [3.8, 4) is 11.5 Å². The van der Waals surface area contributed by atoms with Crippen molar-refractivity contribution in [3.63, 3.8) is 0 Å². The van der Waals surface area contributed by atoms with Crippen LogP contribution in [-0.4, -0.2) is 106 Å². The van der Waals surface area contributed by atoms with E-state index in [1.54, 1.807) is 56.7 Å². The number of methoxy groups -OCH3 is 2. The predicted molar refractivity (Wildman–Crippen MR) is 231 cm³/mol. The molecule has 2 saturated heterocycles. The number of piperazine rings is 2. The molecule has 8 rings (SSSR count). The molecule has 0 amide bonds. The van der Waals surface area contributed by atoms with Crippen molar-refractivity contribution >= 4 is 90.1 Å². The van der Waals surface area contributed by atoms with Crippen LogP contribution in [-0.2, 0) is 22.3 Å². The van der Waals surface area contributed by atoms with Crippen molar-refractivity contribution in [1.82, 2.24) is 9.21 Å². The van der Waals surface area contributed by atoms with Gasteiger partial charge in [0.25, 0.3) is 0 Å². The fourth-order valence-corrected chi connectivity index (χ4v) is 9.71. The molecule has 2 fully saturated rings. The van der Waals surface area contributed by atoms with Crippen LogP contribution in [0.4, 0.5) is 11.4 Å². The first-order chi connectivity index (χ1) is 28.7. The summed E-state index contributed by atoms with van der Waals surface area (Å²) in [5, 5.41) is 20.8. The molecule has 4 heterocycles. The van der Waals surface area contributed by atoms with Crippen LogP contribution in [0.25, 0.3) is 21.9 Å². The monoisotopic (exact) mass is 898 g/mol. The summed E-state index contributed by atoms with van der Waals surface area (Å²) in [5.74, 6) is -1.10. The van der Waals surface area contributed by atoms with E-state index in [0.29, 0.717) is 74.4 Å². The minimum Gasteiger partial charge on any atom is -0.497 e. The topological polar surface area (TPSA) is 166 Å². The summed E-state index contributed by atoms with van der Waals surface area (Å²) < 4.78 is 48.4. The lowest BCUT2D eigenvalue weighted by molar-refractivity contribution is 0.0655. The number of rotatable bonds is 11. The molecule has 2 aliphatic rings. The van der Waals surface area contributed by atoms with Crippen molar-refractivity contribution in [2.45, 2.75) is 12.3 Å². The van der Waals surface area contributed by atoms with Crippen molar-refractivity contribution < 1.29 is 46.5 Å². The third kappa shape index (κ3) is 9.57. The zero-order valence-corrected chi connectivity index (χ0v) is 35.7. The second-order valence-corrected chi connectivity index (χ2v) is 17.4. The van der Waals surface area contributed by atoms with Gasteiger partial charge in [0.05, 0.1) is 41.4 Å². The minimum atomic E-state index is -3.47. The maximum absolute atomic E-state index is 12.8. The highest BCUT2D eigenvalue weighted by atomic mass is 35.5. The number of hydrogen-bond acceptors (Lipinski definition) is 11. The summed E-state index contributed by atoms with van der Waals surface area (Å²) in [6.45, 7) is 5.75. The quantitative estimate of drug-likeness (QED) is 0.128. The van der Waals surface area contributed by atoms with E-state index in [2.05, 4.69) is 9.80 Å². The number of aromatic carboxylic acids is 2. The molecule has 0 unspecified atom stereocenters. The van der Waals surface area contributed by atoms with Crippen LogP contribution >= 0.6 is 34.8 Å². The Kier molecular flexibility index (Phi) is 13.0. The van der Waals surface area contributed by atoms with Gasteiger partial charge in [-0.2, -0.15) is 4.31 Å². The molecule has 6 aromatic rings. The Morgan fingerprint density at radius 3 is 1.62 bits per heavy atom. The van der Waals surface area contributed by atoms with Gasteiger partial charge < -0.3 is 38.3 Å². The normalized spacial score (nSPS) is 15.2. The summed E-state index contributed by atoms with van der Waals surface area (Å²) in [7, 11) is -0.175. The Hall–Kier alpha value is -5.16. The maximum Gasteiger partial charge on any atom is 0.371 e. The highest BCUT2D eigenvalue weighted by Crippen LogP contribution is 2.37. The molecule has 316 valence electrons. The second kappa shape index (κ2) is 18.2. The molecule has 0 radical (unpaired) electrons. The average Bonchev–Trinajstić information content (AvgIpc) is 3.89. The first-order valence-electron chi connectivity index (χ1n) is 18.8. The summed E-state index contributed by atoms with van der Waals surface area (Å²) in [4.78, 5) is 28.9. The number of ether oxygens (including phenoxy) is 2. The number of carboxylic acid groups (broad SMARTS) is 2. The van der Waals surface area contributed by atoms with Gasteiger partial charge in [-0.3, -0.25) is 4.90 Å². The lowest BCUT2D eigenvalue weighted by atomic mass is 10.1. The number of anilines is 2. The third-order valence-electron chi connectivity index (χ3n) is 10.4. The van der Waals surface area contributed by atoms with Crippen LogP contribution in [0.3, 0.4) is 0 Å². The zero-order chi connectivity index (χ0) is 42.7. The van der Waals surface area contributed by atoms with E-state index in [1.807, 2.05) is 29.2 Å². The summed E-state index contributed by atoms with van der Waals surface area (Å²) in [6.07, 6.45) is 0. The van der Waals surface area contributed by atoms with Crippen molar-refractivity contribution in [3.05, 3.63) is 117 Å². The smallest absolute Gasteiger partial charge is 0.371 e. The second-order valence-electron chi connectivity index (χ2n) is 14.2. The molecule has 0 bridgehead atoms. The van der Waals surface area contributed by atoms with Crippen LogP contribution in [0.15, 0.2) is 87.7 Å². The van der Waals surface area contributed by atoms with Gasteiger partial charge in [0.15, 0.2) is 0 Å². The standard InChI is InChI=1S/C22H23ClN2O5.C20H18Cl2N2O5S/c1-28-15-9-14(10-16(11-15)29-2)13-24-5-7-25(8-6-24)18-3-4-19-17(21(18)23)12-20(30-19)22(26)27;21-14-3-1-2-13(10-14)12-30(27,28)24-8-6-23(7-9-24)16-4-5-17-15(19(16)22)11-18(29-17)20(25)26/h3-4,9-12H,5-8,13H2,1-2H3,(H,26,27);1-5,10-11H,6-9,12H2,(H,25,26). The van der Waals surface area contributed by atoms with Gasteiger partial charge in [-0.1, -0.05) is 46.9 Å². The van der Waals surface area contributed by atoms with Gasteiger partial charge in [0.2, 0.25) is 21.5 Å². The third-order valence-corrected chi connectivity index (χ3v) is 13.3. The van der Waals surface area contributed by atoms with E-state index >= 15 is 0 Å².